The lowest BCUT2D eigenvalue weighted by Gasteiger charge is -2.38. The van der Waals surface area contributed by atoms with Gasteiger partial charge in [0.1, 0.15) is 5.84 Å². The number of amidine groups is 1. The molecular weight excluding hydrogens is 234 g/mol. The number of carboxylic acid groups (broad SMARTS) is 1. The van der Waals surface area contributed by atoms with E-state index >= 15 is 0 Å². The minimum Gasteiger partial charge on any atom is -0.465 e. The van der Waals surface area contributed by atoms with Gasteiger partial charge >= 0.3 is 6.09 Å². The van der Waals surface area contributed by atoms with Crippen LogP contribution in [0.15, 0.2) is 5.16 Å². The van der Waals surface area contributed by atoms with Crippen molar-refractivity contribution < 1.29 is 15.1 Å². The Labute approximate surface area is 107 Å². The molecule has 2 atom stereocenters. The number of nitrogens with zero attached hydrogens (tertiary/aromatic N) is 2. The number of oxime groups is 1. The average Bonchev–Trinajstić information content (AvgIpc) is 2.27. The lowest BCUT2D eigenvalue weighted by molar-refractivity contribution is 0.0822. The molecule has 0 spiro atoms. The summed E-state index contributed by atoms with van der Waals surface area (Å²) in [5.41, 5.74) is 5.52. The molecule has 0 aromatic rings. The lowest BCUT2D eigenvalue weighted by atomic mass is 9.85. The molecule has 0 aliphatic carbocycles. The third-order valence-electron chi connectivity index (χ3n) is 3.44. The SMILES string of the molecule is CC(C)C[C@@H]1C[C@H](C/C(N)=N/O)CCN1C(=O)O. The van der Waals surface area contributed by atoms with Gasteiger partial charge in [0.15, 0.2) is 0 Å². The van der Waals surface area contributed by atoms with E-state index in [4.69, 9.17) is 10.9 Å². The van der Waals surface area contributed by atoms with Crippen LogP contribution in [0.3, 0.4) is 0 Å². The Balaban J connectivity index is 2.63. The van der Waals surface area contributed by atoms with Crippen LogP contribution in [0.1, 0.15) is 39.5 Å². The summed E-state index contributed by atoms with van der Waals surface area (Å²) >= 11 is 0. The Morgan fingerprint density at radius 3 is 2.72 bits per heavy atom. The summed E-state index contributed by atoms with van der Waals surface area (Å²) in [5, 5.41) is 20.7. The summed E-state index contributed by atoms with van der Waals surface area (Å²) in [4.78, 5) is 12.7. The molecule has 1 aliphatic heterocycles. The van der Waals surface area contributed by atoms with Crippen molar-refractivity contribution in [2.75, 3.05) is 6.54 Å². The molecule has 0 aromatic carbocycles. The van der Waals surface area contributed by atoms with Crippen LogP contribution in [0.4, 0.5) is 4.79 Å². The fraction of sp³-hybridized carbons (Fsp3) is 0.833. The second-order valence-corrected chi connectivity index (χ2v) is 5.45. The zero-order valence-corrected chi connectivity index (χ0v) is 11.0. The van der Waals surface area contributed by atoms with Crippen molar-refractivity contribution >= 4 is 11.9 Å². The molecule has 18 heavy (non-hydrogen) atoms. The van der Waals surface area contributed by atoms with E-state index in [2.05, 4.69) is 19.0 Å². The molecule has 1 aliphatic rings. The van der Waals surface area contributed by atoms with Gasteiger partial charge in [-0.05, 0) is 31.1 Å². The highest BCUT2D eigenvalue weighted by atomic mass is 16.4. The quantitative estimate of drug-likeness (QED) is 0.310. The van der Waals surface area contributed by atoms with Gasteiger partial charge in [-0.3, -0.25) is 0 Å². The fourth-order valence-electron chi connectivity index (χ4n) is 2.68. The summed E-state index contributed by atoms with van der Waals surface area (Å²) in [5.74, 6) is 0.992. The molecule has 1 heterocycles. The van der Waals surface area contributed by atoms with E-state index in [-0.39, 0.29) is 11.9 Å². The topological polar surface area (TPSA) is 99.2 Å². The smallest absolute Gasteiger partial charge is 0.407 e. The van der Waals surface area contributed by atoms with Crippen LogP contribution in [0.5, 0.6) is 0 Å². The van der Waals surface area contributed by atoms with Gasteiger partial charge < -0.3 is 20.9 Å². The molecule has 6 nitrogen and oxygen atoms in total. The third-order valence-corrected chi connectivity index (χ3v) is 3.44. The minimum atomic E-state index is -0.845. The highest BCUT2D eigenvalue weighted by molar-refractivity contribution is 5.79. The fourth-order valence-corrected chi connectivity index (χ4v) is 2.68. The van der Waals surface area contributed by atoms with E-state index in [0.29, 0.717) is 24.8 Å². The van der Waals surface area contributed by atoms with Crippen molar-refractivity contribution in [1.82, 2.24) is 4.90 Å². The van der Waals surface area contributed by atoms with Crippen molar-refractivity contribution in [3.05, 3.63) is 0 Å². The number of nitrogens with two attached hydrogens (primary N) is 1. The zero-order valence-electron chi connectivity index (χ0n) is 11.0. The Morgan fingerprint density at radius 2 is 2.22 bits per heavy atom. The monoisotopic (exact) mass is 257 g/mol. The lowest BCUT2D eigenvalue weighted by Crippen LogP contribution is -2.46. The molecule has 0 saturated carbocycles. The van der Waals surface area contributed by atoms with Gasteiger partial charge in [0, 0.05) is 19.0 Å². The van der Waals surface area contributed by atoms with E-state index in [1.54, 1.807) is 0 Å². The molecule has 0 unspecified atom stereocenters. The summed E-state index contributed by atoms with van der Waals surface area (Å²) in [7, 11) is 0. The number of carbonyl (C=O) groups is 1. The van der Waals surface area contributed by atoms with Crippen molar-refractivity contribution in [3.63, 3.8) is 0 Å². The van der Waals surface area contributed by atoms with Gasteiger partial charge in [-0.1, -0.05) is 19.0 Å². The highest BCUT2D eigenvalue weighted by Crippen LogP contribution is 2.29. The van der Waals surface area contributed by atoms with Gasteiger partial charge in [0.05, 0.1) is 0 Å². The molecule has 0 radical (unpaired) electrons. The number of hydrogen-bond acceptors (Lipinski definition) is 3. The minimum absolute atomic E-state index is 0.0488. The van der Waals surface area contributed by atoms with Gasteiger partial charge in [-0.15, -0.1) is 0 Å². The van der Waals surface area contributed by atoms with Crippen LogP contribution in [0, 0.1) is 11.8 Å². The molecule has 1 fully saturated rings. The average molecular weight is 257 g/mol. The van der Waals surface area contributed by atoms with Gasteiger partial charge in [-0.25, -0.2) is 4.79 Å². The molecule has 6 heteroatoms. The number of piperidine rings is 1. The van der Waals surface area contributed by atoms with E-state index in [1.807, 2.05) is 0 Å². The Morgan fingerprint density at radius 1 is 1.56 bits per heavy atom. The maximum absolute atomic E-state index is 11.2. The Hall–Kier alpha value is -1.46. The number of hydrogen-bond donors (Lipinski definition) is 3. The summed E-state index contributed by atoms with van der Waals surface area (Å²) in [6.07, 6.45) is 2.12. The van der Waals surface area contributed by atoms with E-state index in [9.17, 15) is 9.90 Å². The van der Waals surface area contributed by atoms with Crippen molar-refractivity contribution in [3.8, 4) is 0 Å². The molecule has 4 N–H and O–H groups in total. The maximum atomic E-state index is 11.2. The molecular formula is C12H23N3O3. The first kappa shape index (κ1) is 14.6. The van der Waals surface area contributed by atoms with Crippen molar-refractivity contribution in [1.29, 1.82) is 0 Å². The predicted molar refractivity (Wildman–Crippen MR) is 68.7 cm³/mol. The van der Waals surface area contributed by atoms with Crippen LogP contribution in [0.25, 0.3) is 0 Å². The van der Waals surface area contributed by atoms with Crippen LogP contribution in [0.2, 0.25) is 0 Å². The molecule has 104 valence electrons. The first-order valence-electron chi connectivity index (χ1n) is 6.40. The molecule has 0 aromatic heterocycles. The first-order chi connectivity index (χ1) is 8.43. The van der Waals surface area contributed by atoms with Crippen LogP contribution in [-0.4, -0.2) is 39.7 Å². The molecule has 1 saturated heterocycles. The third kappa shape index (κ3) is 4.09. The Bertz CT molecular complexity index is 318. The number of rotatable bonds is 4. The predicted octanol–water partition coefficient (Wildman–Crippen LogP) is 1.93. The van der Waals surface area contributed by atoms with Crippen LogP contribution < -0.4 is 5.73 Å². The van der Waals surface area contributed by atoms with Crippen molar-refractivity contribution in [2.24, 2.45) is 22.7 Å². The zero-order chi connectivity index (χ0) is 13.7. The normalized spacial score (nSPS) is 25.5. The van der Waals surface area contributed by atoms with Crippen LogP contribution >= 0.6 is 0 Å². The second-order valence-electron chi connectivity index (χ2n) is 5.45. The summed E-state index contributed by atoms with van der Waals surface area (Å²) in [6, 6.07) is 0.0488. The molecule has 1 rings (SSSR count). The van der Waals surface area contributed by atoms with Gasteiger partial charge in [0.25, 0.3) is 0 Å². The summed E-state index contributed by atoms with van der Waals surface area (Å²) < 4.78 is 0. The van der Waals surface area contributed by atoms with E-state index < -0.39 is 6.09 Å². The first-order valence-corrected chi connectivity index (χ1v) is 6.40. The summed E-state index contributed by atoms with van der Waals surface area (Å²) in [6.45, 7) is 4.72. The van der Waals surface area contributed by atoms with Crippen molar-refractivity contribution in [2.45, 2.75) is 45.6 Å². The molecule has 0 bridgehead atoms. The van der Waals surface area contributed by atoms with Gasteiger partial charge in [0.2, 0.25) is 0 Å². The second kappa shape index (κ2) is 6.47. The van der Waals surface area contributed by atoms with Crippen LogP contribution in [-0.2, 0) is 0 Å². The number of likely N-dealkylation sites (tertiary alicyclic amines) is 1. The van der Waals surface area contributed by atoms with Gasteiger partial charge in [-0.2, -0.15) is 0 Å². The highest BCUT2D eigenvalue weighted by Gasteiger charge is 2.32. The molecule has 1 amide bonds. The largest absolute Gasteiger partial charge is 0.465 e. The number of amides is 1. The van der Waals surface area contributed by atoms with E-state index in [1.165, 1.54) is 4.90 Å². The standard InChI is InChI=1S/C12H23N3O3/c1-8(2)5-10-6-9(7-11(13)14-18)3-4-15(10)12(16)17/h8-10,18H,3-7H2,1-2H3,(H2,13,14)(H,16,17)/t9-,10-/m1/s1. The maximum Gasteiger partial charge on any atom is 0.407 e. The van der Waals surface area contributed by atoms with E-state index in [0.717, 1.165) is 19.3 Å². The Kier molecular flexibility index (Phi) is 5.25.